The molecule has 0 atom stereocenters. The van der Waals surface area contributed by atoms with Crippen molar-refractivity contribution in [2.45, 2.75) is 17.7 Å². The van der Waals surface area contributed by atoms with Crippen molar-refractivity contribution in [2.24, 2.45) is 0 Å². The molecule has 1 saturated heterocycles. The van der Waals surface area contributed by atoms with E-state index < -0.39 is 32.7 Å². The maximum Gasteiger partial charge on any atom is 0.304 e. The number of nitrogens with one attached hydrogen (secondary N) is 1. The average Bonchev–Trinajstić information content (AvgIpc) is 3.34. The van der Waals surface area contributed by atoms with Crippen molar-refractivity contribution in [3.63, 3.8) is 0 Å². The van der Waals surface area contributed by atoms with Crippen molar-refractivity contribution >= 4 is 37.5 Å². The van der Waals surface area contributed by atoms with Crippen molar-refractivity contribution < 1.29 is 26.4 Å². The lowest BCUT2D eigenvalue weighted by atomic mass is 10.3. The predicted octanol–water partition coefficient (Wildman–Crippen LogP) is 1.73. The summed E-state index contributed by atoms with van der Waals surface area (Å²) >= 11 is 0. The highest BCUT2D eigenvalue weighted by molar-refractivity contribution is 7.90. The Morgan fingerprint density at radius 3 is 2.24 bits per heavy atom. The summed E-state index contributed by atoms with van der Waals surface area (Å²) in [6, 6.07) is 12.5. The van der Waals surface area contributed by atoms with Crippen LogP contribution in [0.1, 0.15) is 12.8 Å². The lowest BCUT2D eigenvalue weighted by molar-refractivity contribution is -0.114. The SMILES string of the molecule is COc1ccc(S(=O)(=O)N2CCCC2)cc1NC(=O)CN(c1ccccc1)S(=O)(=O)N(C)C. The Hall–Kier alpha value is -2.67. The van der Waals surface area contributed by atoms with E-state index in [4.69, 9.17) is 4.74 Å². The molecular formula is C21H28N4O6S2. The van der Waals surface area contributed by atoms with E-state index in [1.165, 1.54) is 43.7 Å². The monoisotopic (exact) mass is 496 g/mol. The molecule has 1 heterocycles. The Bertz CT molecular complexity index is 1190. The zero-order valence-corrected chi connectivity index (χ0v) is 20.4. The van der Waals surface area contributed by atoms with Crippen LogP contribution in [0.4, 0.5) is 11.4 Å². The molecule has 2 aromatic rings. The minimum Gasteiger partial charge on any atom is -0.495 e. The Balaban J connectivity index is 1.89. The van der Waals surface area contributed by atoms with Crippen molar-refractivity contribution in [2.75, 3.05) is 50.5 Å². The normalized spacial score (nSPS) is 14.9. The number of anilines is 2. The highest BCUT2D eigenvalue weighted by Crippen LogP contribution is 2.30. The van der Waals surface area contributed by atoms with Crippen LogP contribution in [-0.2, 0) is 25.0 Å². The summed E-state index contributed by atoms with van der Waals surface area (Å²) in [6.45, 7) is 0.381. The number of hydrogen-bond donors (Lipinski definition) is 1. The van der Waals surface area contributed by atoms with Gasteiger partial charge in [-0.25, -0.2) is 12.7 Å². The highest BCUT2D eigenvalue weighted by Gasteiger charge is 2.29. The van der Waals surface area contributed by atoms with Crippen LogP contribution in [0.2, 0.25) is 0 Å². The summed E-state index contributed by atoms with van der Waals surface area (Å²) < 4.78 is 60.2. The molecule has 0 saturated carbocycles. The zero-order valence-electron chi connectivity index (χ0n) is 18.8. The number of ether oxygens (including phenoxy) is 1. The molecule has 0 aliphatic carbocycles. The minimum atomic E-state index is -3.97. The number of amides is 1. The first kappa shape index (κ1) is 25.0. The molecule has 180 valence electrons. The van der Waals surface area contributed by atoms with Crippen molar-refractivity contribution in [3.8, 4) is 5.75 Å². The largest absolute Gasteiger partial charge is 0.495 e. The van der Waals surface area contributed by atoms with Crippen LogP contribution >= 0.6 is 0 Å². The third-order valence-corrected chi connectivity index (χ3v) is 8.93. The Labute approximate surface area is 195 Å². The van der Waals surface area contributed by atoms with E-state index in [2.05, 4.69) is 5.32 Å². The summed E-state index contributed by atoms with van der Waals surface area (Å²) in [5, 5.41) is 2.60. The van der Waals surface area contributed by atoms with Gasteiger partial charge in [-0.05, 0) is 43.2 Å². The number of rotatable bonds is 9. The fourth-order valence-electron chi connectivity index (χ4n) is 3.44. The summed E-state index contributed by atoms with van der Waals surface area (Å²) in [5.74, 6) is -0.399. The number of nitrogens with zero attached hydrogens (tertiary/aromatic N) is 3. The molecule has 1 aliphatic heterocycles. The fraction of sp³-hybridized carbons (Fsp3) is 0.381. The van der Waals surface area contributed by atoms with Gasteiger partial charge in [0.1, 0.15) is 12.3 Å². The van der Waals surface area contributed by atoms with Gasteiger partial charge in [-0.1, -0.05) is 18.2 Å². The fourth-order valence-corrected chi connectivity index (χ4v) is 6.05. The number of methoxy groups -OCH3 is 1. The second-order valence-corrected chi connectivity index (χ2v) is 11.7. The first-order valence-corrected chi connectivity index (χ1v) is 13.1. The molecule has 12 heteroatoms. The molecule has 0 bridgehead atoms. The second-order valence-electron chi connectivity index (χ2n) is 7.65. The Morgan fingerprint density at radius 1 is 1.03 bits per heavy atom. The van der Waals surface area contributed by atoms with Gasteiger partial charge in [0.25, 0.3) is 0 Å². The quantitative estimate of drug-likeness (QED) is 0.565. The number of hydrogen-bond acceptors (Lipinski definition) is 6. The third-order valence-electron chi connectivity index (χ3n) is 5.22. The number of sulfonamides is 1. The van der Waals surface area contributed by atoms with Crippen LogP contribution in [0.25, 0.3) is 0 Å². The van der Waals surface area contributed by atoms with Gasteiger partial charge in [0.2, 0.25) is 15.9 Å². The first-order valence-electron chi connectivity index (χ1n) is 10.3. The first-order chi connectivity index (χ1) is 15.6. The van der Waals surface area contributed by atoms with Crippen LogP contribution < -0.4 is 14.4 Å². The van der Waals surface area contributed by atoms with Gasteiger partial charge >= 0.3 is 10.2 Å². The number of para-hydroxylation sites is 1. The molecule has 1 N–H and O–H groups in total. The standard InChI is InChI=1S/C21H28N4O6S2/c1-23(2)33(29,30)25(17-9-5-4-6-10-17)16-21(26)22-19-15-18(11-12-20(19)31-3)32(27,28)24-13-7-8-14-24/h4-6,9-12,15H,7-8,13-14,16H2,1-3H3,(H,22,26). The number of carbonyl (C=O) groups is 1. The molecule has 0 unspecified atom stereocenters. The van der Waals surface area contributed by atoms with E-state index in [-0.39, 0.29) is 16.3 Å². The van der Waals surface area contributed by atoms with E-state index in [1.54, 1.807) is 30.3 Å². The summed E-state index contributed by atoms with van der Waals surface area (Å²) in [5.41, 5.74) is 0.455. The van der Waals surface area contributed by atoms with Gasteiger partial charge in [-0.3, -0.25) is 4.79 Å². The number of benzene rings is 2. The average molecular weight is 497 g/mol. The maximum atomic E-state index is 12.9. The van der Waals surface area contributed by atoms with Gasteiger partial charge in [0.15, 0.2) is 0 Å². The van der Waals surface area contributed by atoms with Crippen molar-refractivity contribution in [1.29, 1.82) is 0 Å². The topological polar surface area (TPSA) is 116 Å². The molecule has 0 aromatic heterocycles. The van der Waals surface area contributed by atoms with E-state index in [9.17, 15) is 21.6 Å². The molecule has 0 radical (unpaired) electrons. The molecule has 2 aromatic carbocycles. The summed E-state index contributed by atoms with van der Waals surface area (Å²) in [6.07, 6.45) is 1.60. The van der Waals surface area contributed by atoms with Crippen molar-refractivity contribution in [1.82, 2.24) is 8.61 Å². The summed E-state index contributed by atoms with van der Waals surface area (Å²) in [7, 11) is -3.53. The molecule has 1 aliphatic rings. The van der Waals surface area contributed by atoms with Crippen LogP contribution in [0.15, 0.2) is 53.4 Å². The molecule has 10 nitrogen and oxygen atoms in total. The van der Waals surface area contributed by atoms with Crippen LogP contribution in [0.3, 0.4) is 0 Å². The Morgan fingerprint density at radius 2 is 1.67 bits per heavy atom. The lowest BCUT2D eigenvalue weighted by Crippen LogP contribution is -2.44. The highest BCUT2D eigenvalue weighted by atomic mass is 32.2. The molecule has 1 fully saturated rings. The van der Waals surface area contributed by atoms with Crippen LogP contribution in [0.5, 0.6) is 5.75 Å². The molecule has 1 amide bonds. The molecule has 33 heavy (non-hydrogen) atoms. The summed E-state index contributed by atoms with van der Waals surface area (Å²) in [4.78, 5) is 12.9. The van der Waals surface area contributed by atoms with Gasteiger partial charge < -0.3 is 10.1 Å². The minimum absolute atomic E-state index is 0.0290. The van der Waals surface area contributed by atoms with Crippen LogP contribution in [-0.4, -0.2) is 72.2 Å². The molecular weight excluding hydrogens is 468 g/mol. The second kappa shape index (κ2) is 10.1. The molecule has 3 rings (SSSR count). The maximum absolute atomic E-state index is 12.9. The van der Waals surface area contributed by atoms with Gasteiger partial charge in [0, 0.05) is 27.2 Å². The van der Waals surface area contributed by atoms with Crippen LogP contribution in [0, 0.1) is 0 Å². The molecule has 0 spiro atoms. The lowest BCUT2D eigenvalue weighted by Gasteiger charge is -2.27. The van der Waals surface area contributed by atoms with Gasteiger partial charge in [0.05, 0.1) is 23.4 Å². The van der Waals surface area contributed by atoms with E-state index in [1.807, 2.05) is 0 Å². The van der Waals surface area contributed by atoms with Gasteiger partial charge in [-0.2, -0.15) is 17.0 Å². The smallest absolute Gasteiger partial charge is 0.304 e. The van der Waals surface area contributed by atoms with E-state index in [0.717, 1.165) is 21.5 Å². The Kier molecular flexibility index (Phi) is 7.62. The third kappa shape index (κ3) is 5.46. The number of carbonyl (C=O) groups excluding carboxylic acids is 1. The predicted molar refractivity (Wildman–Crippen MR) is 126 cm³/mol. The zero-order chi connectivity index (χ0) is 24.2. The van der Waals surface area contributed by atoms with E-state index >= 15 is 0 Å². The van der Waals surface area contributed by atoms with Gasteiger partial charge in [-0.15, -0.1) is 0 Å². The van der Waals surface area contributed by atoms with Crippen molar-refractivity contribution in [3.05, 3.63) is 48.5 Å². The van der Waals surface area contributed by atoms with E-state index in [0.29, 0.717) is 18.8 Å².